The number of rotatable bonds is 5. The third-order valence-corrected chi connectivity index (χ3v) is 2.72. The minimum absolute atomic E-state index is 0.0825. The maximum absolute atomic E-state index is 11.8. The van der Waals surface area contributed by atoms with Crippen LogP contribution in [0.4, 0.5) is 10.5 Å². The van der Waals surface area contributed by atoms with Gasteiger partial charge in [-0.2, -0.15) is 0 Å². The molecule has 0 spiro atoms. The van der Waals surface area contributed by atoms with Crippen LogP contribution < -0.4 is 10.2 Å². The molecular formula is C13H18N2O4. The molecule has 0 saturated carbocycles. The van der Waals surface area contributed by atoms with Crippen LogP contribution in [0, 0.1) is 6.92 Å². The van der Waals surface area contributed by atoms with Gasteiger partial charge in [-0.05, 0) is 19.1 Å². The molecule has 104 valence electrons. The third-order valence-electron chi connectivity index (χ3n) is 2.72. The third kappa shape index (κ3) is 4.26. The highest BCUT2D eigenvalue weighted by molar-refractivity contribution is 5.91. The van der Waals surface area contributed by atoms with E-state index in [1.165, 1.54) is 12.0 Å². The Morgan fingerprint density at radius 1 is 1.37 bits per heavy atom. The molecule has 0 aliphatic rings. The van der Waals surface area contributed by atoms with Crippen LogP contribution in [0.1, 0.15) is 5.56 Å². The summed E-state index contributed by atoms with van der Waals surface area (Å²) >= 11 is 0. The Morgan fingerprint density at radius 3 is 2.42 bits per heavy atom. The monoisotopic (exact) mass is 266 g/mol. The number of hydrogen-bond acceptors (Lipinski definition) is 3. The number of carbonyl (C=O) groups is 2. The molecule has 6 nitrogen and oxygen atoms in total. The van der Waals surface area contributed by atoms with Crippen LogP contribution in [0.2, 0.25) is 0 Å². The molecule has 1 aromatic rings. The second kappa shape index (κ2) is 6.75. The number of carbonyl (C=O) groups excluding carboxylic acids is 1. The summed E-state index contributed by atoms with van der Waals surface area (Å²) < 4.78 is 4.73. The maximum atomic E-state index is 11.8. The van der Waals surface area contributed by atoms with Crippen LogP contribution in [0.15, 0.2) is 24.3 Å². The number of carboxylic acids is 1. The molecule has 1 aromatic carbocycles. The fourth-order valence-electron chi connectivity index (χ4n) is 1.46. The molecule has 0 aliphatic carbocycles. The van der Waals surface area contributed by atoms with Crippen LogP contribution in [-0.2, 0) is 9.53 Å². The fourth-order valence-corrected chi connectivity index (χ4v) is 1.46. The van der Waals surface area contributed by atoms with Crippen molar-refractivity contribution in [3.05, 3.63) is 29.8 Å². The number of benzene rings is 1. The average molecular weight is 266 g/mol. The van der Waals surface area contributed by atoms with Crippen molar-refractivity contribution in [3.63, 3.8) is 0 Å². The van der Waals surface area contributed by atoms with Gasteiger partial charge in [0, 0.05) is 19.8 Å². The van der Waals surface area contributed by atoms with Gasteiger partial charge in [-0.15, -0.1) is 0 Å². The van der Waals surface area contributed by atoms with Gasteiger partial charge in [0.05, 0.1) is 6.54 Å². The van der Waals surface area contributed by atoms with E-state index in [-0.39, 0.29) is 12.6 Å². The summed E-state index contributed by atoms with van der Waals surface area (Å²) in [5.41, 5.74) is 1.83. The van der Waals surface area contributed by atoms with Crippen molar-refractivity contribution in [2.75, 3.05) is 25.6 Å². The van der Waals surface area contributed by atoms with E-state index in [0.29, 0.717) is 0 Å². The molecule has 1 rings (SSSR count). The summed E-state index contributed by atoms with van der Waals surface area (Å²) in [5.74, 6) is -1.11. The molecule has 6 heteroatoms. The number of amides is 2. The van der Waals surface area contributed by atoms with Crippen LogP contribution in [-0.4, -0.2) is 43.9 Å². The standard InChI is InChI=1S/C13H18N2O4/c1-9-4-6-10(7-5-9)15(2)13(18)14-8-11(19-3)12(16)17/h4-7,11H,8H2,1-3H3,(H,14,18)(H,16,17). The van der Waals surface area contributed by atoms with E-state index in [4.69, 9.17) is 9.84 Å². The molecule has 2 amide bonds. The van der Waals surface area contributed by atoms with Gasteiger partial charge in [0.15, 0.2) is 6.10 Å². The van der Waals surface area contributed by atoms with Crippen LogP contribution in [0.5, 0.6) is 0 Å². The molecule has 0 saturated heterocycles. The number of methoxy groups -OCH3 is 1. The highest BCUT2D eigenvalue weighted by Gasteiger charge is 2.18. The van der Waals surface area contributed by atoms with Crippen molar-refractivity contribution in [3.8, 4) is 0 Å². The number of aliphatic carboxylic acids is 1. The smallest absolute Gasteiger partial charge is 0.334 e. The Morgan fingerprint density at radius 2 is 1.95 bits per heavy atom. The molecule has 0 heterocycles. The average Bonchev–Trinajstić information content (AvgIpc) is 2.38. The number of anilines is 1. The van der Waals surface area contributed by atoms with Crippen LogP contribution >= 0.6 is 0 Å². The first-order valence-corrected chi connectivity index (χ1v) is 5.79. The number of nitrogens with zero attached hydrogens (tertiary/aromatic N) is 1. The minimum atomic E-state index is -1.11. The molecule has 0 aliphatic heterocycles. The zero-order valence-corrected chi connectivity index (χ0v) is 11.2. The molecular weight excluding hydrogens is 248 g/mol. The first-order chi connectivity index (χ1) is 8.95. The molecule has 0 fully saturated rings. The van der Waals surface area contributed by atoms with Gasteiger partial charge in [-0.25, -0.2) is 9.59 Å². The lowest BCUT2D eigenvalue weighted by Gasteiger charge is -2.19. The van der Waals surface area contributed by atoms with Crippen LogP contribution in [0.3, 0.4) is 0 Å². The summed E-state index contributed by atoms with van der Waals surface area (Å²) in [7, 11) is 2.90. The molecule has 0 radical (unpaired) electrons. The predicted octanol–water partition coefficient (Wildman–Crippen LogP) is 1.24. The maximum Gasteiger partial charge on any atom is 0.334 e. The van der Waals surface area contributed by atoms with E-state index in [2.05, 4.69) is 5.32 Å². The number of urea groups is 1. The van der Waals surface area contributed by atoms with E-state index >= 15 is 0 Å². The predicted molar refractivity (Wildman–Crippen MR) is 71.4 cm³/mol. The second-order valence-electron chi connectivity index (χ2n) is 4.14. The molecule has 19 heavy (non-hydrogen) atoms. The molecule has 0 aromatic heterocycles. The van der Waals surface area contributed by atoms with Gasteiger partial charge in [0.1, 0.15) is 0 Å². The van der Waals surface area contributed by atoms with Gasteiger partial charge in [-0.3, -0.25) is 4.90 Å². The molecule has 1 unspecified atom stereocenters. The zero-order valence-electron chi connectivity index (χ0n) is 11.2. The number of ether oxygens (including phenoxy) is 1. The first-order valence-electron chi connectivity index (χ1n) is 5.79. The fraction of sp³-hybridized carbons (Fsp3) is 0.385. The van der Waals surface area contributed by atoms with E-state index < -0.39 is 12.1 Å². The van der Waals surface area contributed by atoms with Crippen molar-refractivity contribution in [1.29, 1.82) is 0 Å². The lowest BCUT2D eigenvalue weighted by atomic mass is 10.2. The summed E-state index contributed by atoms with van der Waals surface area (Å²) in [6.45, 7) is 1.88. The Kier molecular flexibility index (Phi) is 5.32. The van der Waals surface area contributed by atoms with Crippen molar-refractivity contribution in [2.24, 2.45) is 0 Å². The summed E-state index contributed by atoms with van der Waals surface area (Å²) in [4.78, 5) is 24.0. The van der Waals surface area contributed by atoms with Crippen molar-refractivity contribution < 1.29 is 19.4 Å². The number of hydrogen-bond donors (Lipinski definition) is 2. The van der Waals surface area contributed by atoms with E-state index in [1.54, 1.807) is 7.05 Å². The number of nitrogens with one attached hydrogen (secondary N) is 1. The molecule has 0 bridgehead atoms. The second-order valence-corrected chi connectivity index (χ2v) is 4.14. The van der Waals surface area contributed by atoms with Crippen molar-refractivity contribution in [2.45, 2.75) is 13.0 Å². The Balaban J connectivity index is 2.58. The number of aryl methyl sites for hydroxylation is 1. The highest BCUT2D eigenvalue weighted by atomic mass is 16.5. The van der Waals surface area contributed by atoms with Crippen molar-refractivity contribution in [1.82, 2.24) is 5.32 Å². The normalized spacial score (nSPS) is 11.7. The Hall–Kier alpha value is -2.08. The van der Waals surface area contributed by atoms with E-state index in [1.807, 2.05) is 31.2 Å². The highest BCUT2D eigenvalue weighted by Crippen LogP contribution is 2.13. The lowest BCUT2D eigenvalue weighted by Crippen LogP contribution is -2.43. The van der Waals surface area contributed by atoms with Gasteiger partial charge in [0.2, 0.25) is 0 Å². The van der Waals surface area contributed by atoms with Gasteiger partial charge in [-0.1, -0.05) is 17.7 Å². The SMILES string of the molecule is COC(CNC(=O)N(C)c1ccc(C)cc1)C(=O)O. The zero-order chi connectivity index (χ0) is 14.4. The van der Waals surface area contributed by atoms with Gasteiger partial charge >= 0.3 is 12.0 Å². The van der Waals surface area contributed by atoms with Gasteiger partial charge < -0.3 is 15.2 Å². The summed E-state index contributed by atoms with van der Waals surface area (Å²) in [6, 6.07) is 7.05. The lowest BCUT2D eigenvalue weighted by molar-refractivity contribution is -0.147. The Bertz CT molecular complexity index is 444. The minimum Gasteiger partial charge on any atom is -0.479 e. The van der Waals surface area contributed by atoms with E-state index in [0.717, 1.165) is 11.3 Å². The van der Waals surface area contributed by atoms with Crippen LogP contribution in [0.25, 0.3) is 0 Å². The van der Waals surface area contributed by atoms with E-state index in [9.17, 15) is 9.59 Å². The quantitative estimate of drug-likeness (QED) is 0.840. The first kappa shape index (κ1) is 15.0. The molecule has 2 N–H and O–H groups in total. The summed E-state index contributed by atoms with van der Waals surface area (Å²) in [5, 5.41) is 11.3. The van der Waals surface area contributed by atoms with Gasteiger partial charge in [0.25, 0.3) is 0 Å². The number of carboxylic acid groups (broad SMARTS) is 1. The Labute approximate surface area is 112 Å². The largest absolute Gasteiger partial charge is 0.479 e. The topological polar surface area (TPSA) is 78.9 Å². The molecule has 1 atom stereocenters. The summed E-state index contributed by atoms with van der Waals surface area (Å²) in [6.07, 6.45) is -1.05. The van der Waals surface area contributed by atoms with Crippen molar-refractivity contribution >= 4 is 17.7 Å².